The summed E-state index contributed by atoms with van der Waals surface area (Å²) in [4.78, 5) is 6.80. The lowest BCUT2D eigenvalue weighted by Crippen LogP contribution is -2.30. The van der Waals surface area contributed by atoms with Crippen molar-refractivity contribution in [1.29, 1.82) is 0 Å². The second-order valence-electron chi connectivity index (χ2n) is 6.56. The molecular weight excluding hydrogens is 260 g/mol. The van der Waals surface area contributed by atoms with Gasteiger partial charge in [-0.05, 0) is 12.3 Å². The van der Waals surface area contributed by atoms with Gasteiger partial charge < -0.3 is 10.0 Å². The molecule has 0 amide bonds. The van der Waals surface area contributed by atoms with Gasteiger partial charge in [-0.25, -0.2) is 0 Å². The fourth-order valence-corrected chi connectivity index (χ4v) is 3.14. The quantitative estimate of drug-likeness (QED) is 0.516. The van der Waals surface area contributed by atoms with Crippen molar-refractivity contribution in [2.24, 2.45) is 10.9 Å². The van der Waals surface area contributed by atoms with Gasteiger partial charge in [0.15, 0.2) is 0 Å². The lowest BCUT2D eigenvalue weighted by molar-refractivity contribution is 0.255. The molecule has 1 aliphatic heterocycles. The van der Waals surface area contributed by atoms with Crippen LogP contribution in [-0.2, 0) is 0 Å². The summed E-state index contributed by atoms with van der Waals surface area (Å²) in [5.74, 6) is 2.13. The third kappa shape index (κ3) is 8.45. The molecule has 0 saturated heterocycles. The first kappa shape index (κ1) is 18.5. The first-order valence-electron chi connectivity index (χ1n) is 9.17. The fraction of sp³-hybridized carbons (Fsp3) is 0.944. The van der Waals surface area contributed by atoms with E-state index >= 15 is 0 Å². The maximum Gasteiger partial charge on any atom is 0.0991 e. The van der Waals surface area contributed by atoms with Gasteiger partial charge in [0, 0.05) is 19.5 Å². The number of rotatable bonds is 13. The molecule has 0 spiro atoms. The van der Waals surface area contributed by atoms with Crippen LogP contribution in [0.4, 0.5) is 0 Å². The number of hydrogen-bond acceptors (Lipinski definition) is 3. The second-order valence-corrected chi connectivity index (χ2v) is 6.56. The van der Waals surface area contributed by atoms with E-state index in [1.165, 1.54) is 63.6 Å². The van der Waals surface area contributed by atoms with Crippen LogP contribution in [0.2, 0.25) is 0 Å². The zero-order chi connectivity index (χ0) is 15.3. The average Bonchev–Trinajstić information content (AvgIpc) is 2.91. The molecule has 3 nitrogen and oxygen atoms in total. The Kier molecular flexibility index (Phi) is 10.6. The lowest BCUT2D eigenvalue weighted by Gasteiger charge is -2.19. The Morgan fingerprint density at radius 2 is 1.81 bits per heavy atom. The third-order valence-electron chi connectivity index (χ3n) is 4.55. The fourth-order valence-electron chi connectivity index (χ4n) is 3.14. The first-order chi connectivity index (χ1) is 10.3. The zero-order valence-corrected chi connectivity index (χ0v) is 14.3. The molecule has 0 bridgehead atoms. The molecule has 1 atom stereocenters. The van der Waals surface area contributed by atoms with Crippen molar-refractivity contribution in [2.75, 3.05) is 26.2 Å². The summed E-state index contributed by atoms with van der Waals surface area (Å²) in [6, 6.07) is 0. The zero-order valence-electron chi connectivity index (χ0n) is 14.3. The van der Waals surface area contributed by atoms with Crippen LogP contribution < -0.4 is 0 Å². The van der Waals surface area contributed by atoms with Crippen molar-refractivity contribution in [2.45, 2.75) is 78.1 Å². The first-order valence-corrected chi connectivity index (χ1v) is 9.17. The van der Waals surface area contributed by atoms with E-state index in [-0.39, 0.29) is 6.61 Å². The van der Waals surface area contributed by atoms with Crippen molar-refractivity contribution in [3.63, 3.8) is 0 Å². The summed E-state index contributed by atoms with van der Waals surface area (Å²) >= 11 is 0. The number of nitrogens with zero attached hydrogens (tertiary/aromatic N) is 2. The number of hydrogen-bond donors (Lipinski definition) is 1. The Morgan fingerprint density at radius 3 is 2.48 bits per heavy atom. The Hall–Kier alpha value is -0.570. The largest absolute Gasteiger partial charge is 0.395 e. The van der Waals surface area contributed by atoms with Crippen LogP contribution in [0, 0.1) is 5.92 Å². The van der Waals surface area contributed by atoms with Crippen LogP contribution in [0.5, 0.6) is 0 Å². The van der Waals surface area contributed by atoms with E-state index in [9.17, 15) is 0 Å². The van der Waals surface area contributed by atoms with Gasteiger partial charge in [-0.2, -0.15) is 0 Å². The third-order valence-corrected chi connectivity index (χ3v) is 4.55. The highest BCUT2D eigenvalue weighted by atomic mass is 16.3. The van der Waals surface area contributed by atoms with Crippen LogP contribution in [-0.4, -0.2) is 42.1 Å². The van der Waals surface area contributed by atoms with Crippen molar-refractivity contribution in [3.8, 4) is 0 Å². The van der Waals surface area contributed by atoms with Gasteiger partial charge in [0.2, 0.25) is 0 Å². The normalized spacial score (nSPS) is 16.3. The molecule has 3 heteroatoms. The van der Waals surface area contributed by atoms with Gasteiger partial charge in [-0.15, -0.1) is 0 Å². The molecular formula is C18H36N2O. The molecule has 0 radical (unpaired) electrons. The standard InChI is InChI=1S/C18H36N2O/c1-3-4-5-7-10-17(2)11-8-6-9-12-18-19-13-14-20(18)15-16-21/h17,21H,3-16H2,1-2H3. The van der Waals surface area contributed by atoms with E-state index < -0.39 is 0 Å². The summed E-state index contributed by atoms with van der Waals surface area (Å²) in [5.41, 5.74) is 0. The van der Waals surface area contributed by atoms with E-state index in [2.05, 4.69) is 23.7 Å². The molecule has 0 aromatic carbocycles. The van der Waals surface area contributed by atoms with Crippen LogP contribution in [0.15, 0.2) is 4.99 Å². The Morgan fingerprint density at radius 1 is 1.10 bits per heavy atom. The number of unbranched alkanes of at least 4 members (excludes halogenated alkanes) is 5. The van der Waals surface area contributed by atoms with Crippen LogP contribution in [0.1, 0.15) is 78.1 Å². The van der Waals surface area contributed by atoms with Gasteiger partial charge in [-0.3, -0.25) is 4.99 Å². The highest BCUT2D eigenvalue weighted by molar-refractivity contribution is 5.83. The maximum absolute atomic E-state index is 9.02. The highest BCUT2D eigenvalue weighted by Gasteiger charge is 2.15. The van der Waals surface area contributed by atoms with E-state index in [1.807, 2.05) is 0 Å². The predicted octanol–water partition coefficient (Wildman–Crippen LogP) is 4.25. The molecule has 21 heavy (non-hydrogen) atoms. The van der Waals surface area contributed by atoms with Gasteiger partial charge in [-0.1, -0.05) is 65.2 Å². The number of β-amino-alcohol motifs (C(OH)–C–C–N with tert-alkyl or cyclic N) is 1. The maximum atomic E-state index is 9.02. The monoisotopic (exact) mass is 296 g/mol. The Bertz CT molecular complexity index is 278. The highest BCUT2D eigenvalue weighted by Crippen LogP contribution is 2.18. The molecule has 1 N–H and O–H groups in total. The number of amidine groups is 1. The molecule has 1 heterocycles. The molecule has 1 unspecified atom stereocenters. The summed E-state index contributed by atoms with van der Waals surface area (Å²) in [6.07, 6.45) is 13.4. The van der Waals surface area contributed by atoms with Gasteiger partial charge in [0.25, 0.3) is 0 Å². The Labute approximate surface area is 131 Å². The molecule has 0 aliphatic carbocycles. The number of aliphatic imine (C=N–C) groups is 1. The predicted molar refractivity (Wildman–Crippen MR) is 92.0 cm³/mol. The lowest BCUT2D eigenvalue weighted by atomic mass is 9.96. The molecule has 1 rings (SSSR count). The summed E-state index contributed by atoms with van der Waals surface area (Å²) in [7, 11) is 0. The van der Waals surface area contributed by atoms with Gasteiger partial charge >= 0.3 is 0 Å². The molecule has 0 aromatic rings. The molecule has 0 saturated carbocycles. The van der Waals surface area contributed by atoms with Crippen molar-refractivity contribution >= 4 is 5.84 Å². The second kappa shape index (κ2) is 12.0. The molecule has 0 aromatic heterocycles. The summed E-state index contributed by atoms with van der Waals surface area (Å²) < 4.78 is 0. The van der Waals surface area contributed by atoms with E-state index in [1.54, 1.807) is 0 Å². The van der Waals surface area contributed by atoms with Crippen LogP contribution in [0.3, 0.4) is 0 Å². The van der Waals surface area contributed by atoms with Gasteiger partial charge in [0.05, 0.1) is 19.0 Å². The summed E-state index contributed by atoms with van der Waals surface area (Å²) in [6.45, 7) is 7.62. The van der Waals surface area contributed by atoms with Crippen molar-refractivity contribution in [1.82, 2.24) is 4.90 Å². The minimum atomic E-state index is 0.245. The van der Waals surface area contributed by atoms with Gasteiger partial charge in [0.1, 0.15) is 0 Å². The molecule has 124 valence electrons. The molecule has 0 fully saturated rings. The van der Waals surface area contributed by atoms with Crippen LogP contribution in [0.25, 0.3) is 0 Å². The smallest absolute Gasteiger partial charge is 0.0991 e. The van der Waals surface area contributed by atoms with Crippen LogP contribution >= 0.6 is 0 Å². The van der Waals surface area contributed by atoms with Crippen molar-refractivity contribution < 1.29 is 5.11 Å². The average molecular weight is 296 g/mol. The topological polar surface area (TPSA) is 35.8 Å². The number of aliphatic hydroxyl groups excluding tert-OH is 1. The Balaban J connectivity index is 1.96. The van der Waals surface area contributed by atoms with E-state index in [4.69, 9.17) is 5.11 Å². The summed E-state index contributed by atoms with van der Waals surface area (Å²) in [5, 5.41) is 9.02. The molecule has 1 aliphatic rings. The minimum absolute atomic E-state index is 0.245. The van der Waals surface area contributed by atoms with E-state index in [0.29, 0.717) is 0 Å². The minimum Gasteiger partial charge on any atom is -0.395 e. The van der Waals surface area contributed by atoms with Crippen molar-refractivity contribution in [3.05, 3.63) is 0 Å². The SMILES string of the molecule is CCCCCCC(C)CCCCCC1=NCCN1CCO. The number of aliphatic hydroxyl groups is 1. The van der Waals surface area contributed by atoms with E-state index in [0.717, 1.165) is 32.0 Å².